The van der Waals surface area contributed by atoms with Crippen LogP contribution >= 0.6 is 0 Å². The molecule has 0 aromatic rings. The Hall–Kier alpha value is -0.830. The van der Waals surface area contributed by atoms with E-state index < -0.39 is 0 Å². The minimum atomic E-state index is -0.314. The highest BCUT2D eigenvalue weighted by Crippen LogP contribution is 2.18. The van der Waals surface area contributed by atoms with Crippen molar-refractivity contribution in [1.82, 2.24) is 5.32 Å². The van der Waals surface area contributed by atoms with Crippen LogP contribution in [0.5, 0.6) is 0 Å². The zero-order valence-corrected chi connectivity index (χ0v) is 17.9. The molecule has 0 saturated heterocycles. The third-order valence-corrected chi connectivity index (χ3v) is 5.11. The van der Waals surface area contributed by atoms with Gasteiger partial charge in [0.1, 0.15) is 0 Å². The fourth-order valence-electron chi connectivity index (χ4n) is 3.63. The van der Waals surface area contributed by atoms with Crippen molar-refractivity contribution in [3.8, 4) is 0 Å². The van der Waals surface area contributed by atoms with Gasteiger partial charge in [-0.15, -0.1) is 0 Å². The van der Waals surface area contributed by atoms with Gasteiger partial charge >= 0.3 is 5.97 Å². The standard InChI is InChI=1S/C23H45NO2/c1-5-7-8-9-10-11-12-13-14-15-16-17-18-22(20-24-4)19-21(3)26-23(25)6-2/h6,21-22,24H,2,5,7-20H2,1,3-4H3. The monoisotopic (exact) mass is 367 g/mol. The molecule has 0 radical (unpaired) electrons. The molecule has 0 spiro atoms. The van der Waals surface area contributed by atoms with Crippen LogP contribution in [0, 0.1) is 5.92 Å². The molecule has 0 saturated carbocycles. The molecule has 0 aromatic heterocycles. The quantitative estimate of drug-likeness (QED) is 0.163. The number of hydrogen-bond acceptors (Lipinski definition) is 3. The Balaban J connectivity index is 3.59. The average molecular weight is 368 g/mol. The minimum Gasteiger partial charge on any atom is -0.460 e. The molecule has 26 heavy (non-hydrogen) atoms. The Labute approximate surface area is 163 Å². The average Bonchev–Trinajstić information content (AvgIpc) is 2.62. The van der Waals surface area contributed by atoms with Crippen molar-refractivity contribution in [3.05, 3.63) is 12.7 Å². The van der Waals surface area contributed by atoms with Gasteiger partial charge in [-0.2, -0.15) is 0 Å². The van der Waals surface area contributed by atoms with Crippen molar-refractivity contribution >= 4 is 5.97 Å². The summed E-state index contributed by atoms with van der Waals surface area (Å²) in [6, 6.07) is 0. The summed E-state index contributed by atoms with van der Waals surface area (Å²) in [5, 5.41) is 3.27. The van der Waals surface area contributed by atoms with Gasteiger partial charge in [0.15, 0.2) is 0 Å². The number of ether oxygens (including phenoxy) is 1. The van der Waals surface area contributed by atoms with Gasteiger partial charge in [0.25, 0.3) is 0 Å². The molecule has 0 rings (SSSR count). The Morgan fingerprint density at radius 2 is 1.46 bits per heavy atom. The molecule has 0 fully saturated rings. The first-order valence-corrected chi connectivity index (χ1v) is 11.1. The zero-order chi connectivity index (χ0) is 19.5. The van der Waals surface area contributed by atoms with Gasteiger partial charge < -0.3 is 10.1 Å². The predicted octanol–water partition coefficient (Wildman–Crippen LogP) is 6.42. The summed E-state index contributed by atoms with van der Waals surface area (Å²) in [5.41, 5.74) is 0. The summed E-state index contributed by atoms with van der Waals surface area (Å²) >= 11 is 0. The molecule has 154 valence electrons. The van der Waals surface area contributed by atoms with Crippen molar-refractivity contribution in [3.63, 3.8) is 0 Å². The Morgan fingerprint density at radius 3 is 1.92 bits per heavy atom. The van der Waals surface area contributed by atoms with E-state index in [1.807, 2.05) is 14.0 Å². The van der Waals surface area contributed by atoms with Crippen molar-refractivity contribution in [2.75, 3.05) is 13.6 Å². The van der Waals surface area contributed by atoms with E-state index in [0.717, 1.165) is 13.0 Å². The van der Waals surface area contributed by atoms with Gasteiger partial charge in [0, 0.05) is 6.08 Å². The van der Waals surface area contributed by atoms with Gasteiger partial charge in [0.2, 0.25) is 0 Å². The van der Waals surface area contributed by atoms with Crippen LogP contribution in [0.2, 0.25) is 0 Å². The molecular weight excluding hydrogens is 322 g/mol. The number of nitrogens with one attached hydrogen (secondary N) is 1. The van der Waals surface area contributed by atoms with Crippen LogP contribution in [0.25, 0.3) is 0 Å². The molecule has 0 heterocycles. The Morgan fingerprint density at radius 1 is 0.962 bits per heavy atom. The summed E-state index contributed by atoms with van der Waals surface area (Å²) in [7, 11) is 2.00. The normalized spacial score (nSPS) is 13.3. The van der Waals surface area contributed by atoms with Crippen LogP contribution in [-0.4, -0.2) is 25.7 Å². The van der Waals surface area contributed by atoms with Crippen molar-refractivity contribution in [2.45, 2.75) is 110 Å². The number of hydrogen-bond donors (Lipinski definition) is 1. The van der Waals surface area contributed by atoms with Gasteiger partial charge in [-0.25, -0.2) is 4.79 Å². The summed E-state index contributed by atoms with van der Waals surface area (Å²) < 4.78 is 5.30. The summed E-state index contributed by atoms with van der Waals surface area (Å²) in [5.74, 6) is 0.266. The first-order valence-electron chi connectivity index (χ1n) is 11.1. The predicted molar refractivity (Wildman–Crippen MR) is 113 cm³/mol. The van der Waals surface area contributed by atoms with E-state index in [4.69, 9.17) is 4.74 Å². The van der Waals surface area contributed by atoms with Crippen LogP contribution in [0.15, 0.2) is 12.7 Å². The SMILES string of the molecule is C=CC(=O)OC(C)CC(CCCCCCCCCCCCCC)CNC. The van der Waals surface area contributed by atoms with E-state index in [9.17, 15) is 4.79 Å². The highest BCUT2D eigenvalue weighted by atomic mass is 16.5. The molecule has 0 bridgehead atoms. The number of unbranched alkanes of at least 4 members (excludes halogenated alkanes) is 11. The maximum atomic E-state index is 11.3. The van der Waals surface area contributed by atoms with E-state index in [1.54, 1.807) is 0 Å². The van der Waals surface area contributed by atoms with Gasteiger partial charge in [-0.05, 0) is 39.3 Å². The molecule has 3 nitrogen and oxygen atoms in total. The molecule has 2 atom stereocenters. The lowest BCUT2D eigenvalue weighted by molar-refractivity contribution is -0.142. The van der Waals surface area contributed by atoms with E-state index >= 15 is 0 Å². The van der Waals surface area contributed by atoms with E-state index in [0.29, 0.717) is 5.92 Å². The van der Waals surface area contributed by atoms with Crippen molar-refractivity contribution in [1.29, 1.82) is 0 Å². The first-order chi connectivity index (χ1) is 12.6. The summed E-state index contributed by atoms with van der Waals surface area (Å²) in [6.07, 6.45) is 20.0. The van der Waals surface area contributed by atoms with E-state index in [1.165, 1.54) is 89.5 Å². The van der Waals surface area contributed by atoms with Crippen LogP contribution in [0.4, 0.5) is 0 Å². The molecule has 0 aliphatic carbocycles. The number of rotatable bonds is 19. The van der Waals surface area contributed by atoms with Crippen molar-refractivity contribution < 1.29 is 9.53 Å². The number of carbonyl (C=O) groups excluding carboxylic acids is 1. The van der Waals surface area contributed by atoms with Crippen LogP contribution in [-0.2, 0) is 9.53 Å². The maximum Gasteiger partial charge on any atom is 0.330 e. The third-order valence-electron chi connectivity index (χ3n) is 5.11. The fraction of sp³-hybridized carbons (Fsp3) is 0.870. The van der Waals surface area contributed by atoms with E-state index in [2.05, 4.69) is 18.8 Å². The lowest BCUT2D eigenvalue weighted by Crippen LogP contribution is -2.24. The Kier molecular flexibility index (Phi) is 18.3. The highest BCUT2D eigenvalue weighted by molar-refractivity contribution is 5.81. The molecule has 0 aliphatic heterocycles. The second-order valence-corrected chi connectivity index (χ2v) is 7.79. The zero-order valence-electron chi connectivity index (χ0n) is 17.9. The molecule has 0 aromatic carbocycles. The molecule has 0 aliphatic rings. The number of esters is 1. The van der Waals surface area contributed by atoms with Crippen LogP contribution in [0.3, 0.4) is 0 Å². The summed E-state index contributed by atoms with van der Waals surface area (Å²) in [6.45, 7) is 8.70. The molecular formula is C23H45NO2. The van der Waals surface area contributed by atoms with Gasteiger partial charge in [0.05, 0.1) is 6.10 Å². The van der Waals surface area contributed by atoms with Crippen LogP contribution < -0.4 is 5.32 Å². The Bertz CT molecular complexity index is 330. The summed E-state index contributed by atoms with van der Waals surface area (Å²) in [4.78, 5) is 11.3. The molecule has 0 amide bonds. The van der Waals surface area contributed by atoms with Crippen molar-refractivity contribution in [2.24, 2.45) is 5.92 Å². The maximum absolute atomic E-state index is 11.3. The topological polar surface area (TPSA) is 38.3 Å². The van der Waals surface area contributed by atoms with Gasteiger partial charge in [-0.1, -0.05) is 90.6 Å². The molecule has 2 unspecified atom stereocenters. The molecule has 1 N–H and O–H groups in total. The highest BCUT2D eigenvalue weighted by Gasteiger charge is 2.14. The van der Waals surface area contributed by atoms with E-state index in [-0.39, 0.29) is 12.1 Å². The first kappa shape index (κ1) is 25.2. The van der Waals surface area contributed by atoms with Crippen LogP contribution in [0.1, 0.15) is 104 Å². The van der Waals surface area contributed by atoms with Gasteiger partial charge in [-0.3, -0.25) is 0 Å². The minimum absolute atomic E-state index is 0.0313. The fourth-order valence-corrected chi connectivity index (χ4v) is 3.63. The second-order valence-electron chi connectivity index (χ2n) is 7.79. The molecule has 3 heteroatoms. The lowest BCUT2D eigenvalue weighted by Gasteiger charge is -2.20. The largest absolute Gasteiger partial charge is 0.460 e. The lowest BCUT2D eigenvalue weighted by atomic mass is 9.94. The second kappa shape index (κ2) is 18.9. The third kappa shape index (κ3) is 16.6. The number of carbonyl (C=O) groups is 1. The smallest absolute Gasteiger partial charge is 0.330 e.